The zero-order valence-corrected chi connectivity index (χ0v) is 10.0. The maximum Gasteiger partial charge on any atom is 0.00218 e. The lowest BCUT2D eigenvalue weighted by molar-refractivity contribution is 0.231. The van der Waals surface area contributed by atoms with Crippen LogP contribution in [0.5, 0.6) is 0 Å². The van der Waals surface area contributed by atoms with Crippen LogP contribution in [0.15, 0.2) is 30.3 Å². The molecule has 1 aromatic rings. The Morgan fingerprint density at radius 3 is 2.27 bits per heavy atom. The maximum absolute atomic E-state index is 2.59. The Hall–Kier alpha value is -0.530. The summed E-state index contributed by atoms with van der Waals surface area (Å²) in [6.45, 7) is 3.86. The van der Waals surface area contributed by atoms with E-state index in [2.05, 4.69) is 35.2 Å². The highest BCUT2D eigenvalue weighted by Crippen LogP contribution is 2.09. The van der Waals surface area contributed by atoms with Gasteiger partial charge in [0.1, 0.15) is 0 Å². The van der Waals surface area contributed by atoms with Gasteiger partial charge in [-0.05, 0) is 37.9 Å². The zero-order valence-electron chi connectivity index (χ0n) is 9.19. The molecule has 1 fully saturated rings. The molecule has 0 atom stereocenters. The molecule has 84 valence electrons. The fraction of sp³-hybridized carbons (Fsp3) is 0.538. The fourth-order valence-corrected chi connectivity index (χ4v) is 2.11. The van der Waals surface area contributed by atoms with E-state index in [9.17, 15) is 0 Å². The summed E-state index contributed by atoms with van der Waals surface area (Å²) < 4.78 is 0. The van der Waals surface area contributed by atoms with Crippen molar-refractivity contribution in [2.45, 2.75) is 25.7 Å². The van der Waals surface area contributed by atoms with Gasteiger partial charge in [-0.2, -0.15) is 0 Å². The number of rotatable bonds is 3. The first kappa shape index (κ1) is 12.5. The predicted molar refractivity (Wildman–Crippen MR) is 67.7 cm³/mol. The number of nitrogens with zero attached hydrogens (tertiary/aromatic N) is 1. The molecule has 0 spiro atoms. The molecule has 0 radical (unpaired) electrons. The number of benzene rings is 1. The lowest BCUT2D eigenvalue weighted by atomic mass is 10.1. The van der Waals surface area contributed by atoms with Gasteiger partial charge in [0.2, 0.25) is 0 Å². The van der Waals surface area contributed by atoms with Crippen LogP contribution in [0, 0.1) is 0 Å². The van der Waals surface area contributed by atoms with Crippen molar-refractivity contribution < 1.29 is 0 Å². The van der Waals surface area contributed by atoms with Gasteiger partial charge in [0.25, 0.3) is 0 Å². The summed E-state index contributed by atoms with van der Waals surface area (Å²) in [5.74, 6) is 0. The average Bonchev–Trinajstić information content (AvgIpc) is 2.29. The molecule has 0 saturated carbocycles. The van der Waals surface area contributed by atoms with Crippen molar-refractivity contribution in [1.29, 1.82) is 0 Å². The summed E-state index contributed by atoms with van der Waals surface area (Å²) in [5, 5.41) is 0. The molecular weight excluding hydrogens is 206 g/mol. The van der Waals surface area contributed by atoms with E-state index in [1.807, 2.05) is 0 Å². The van der Waals surface area contributed by atoms with Crippen LogP contribution in [0.25, 0.3) is 0 Å². The minimum absolute atomic E-state index is 0. The van der Waals surface area contributed by atoms with Gasteiger partial charge in [-0.1, -0.05) is 36.8 Å². The molecule has 0 aromatic heterocycles. The molecule has 1 aromatic carbocycles. The van der Waals surface area contributed by atoms with Crippen molar-refractivity contribution in [1.82, 2.24) is 4.90 Å². The highest BCUT2D eigenvalue weighted by Gasteiger charge is 2.08. The fourth-order valence-electron chi connectivity index (χ4n) is 2.11. The highest BCUT2D eigenvalue weighted by atomic mass is 35.5. The smallest absolute Gasteiger partial charge is 0.00218 e. The average molecular weight is 226 g/mol. The molecule has 0 bridgehead atoms. The molecular formula is C13H20ClN. The first-order chi connectivity index (χ1) is 6.95. The van der Waals surface area contributed by atoms with Crippen molar-refractivity contribution in [2.24, 2.45) is 0 Å². The largest absolute Gasteiger partial charge is 0.303 e. The van der Waals surface area contributed by atoms with Crippen LogP contribution in [0.1, 0.15) is 24.8 Å². The van der Waals surface area contributed by atoms with Crippen LogP contribution in [0.4, 0.5) is 0 Å². The van der Waals surface area contributed by atoms with Gasteiger partial charge in [0.05, 0.1) is 0 Å². The Bertz CT molecular complexity index is 254. The van der Waals surface area contributed by atoms with Crippen molar-refractivity contribution in [3.8, 4) is 0 Å². The second-order valence-electron chi connectivity index (χ2n) is 4.14. The Morgan fingerprint density at radius 2 is 1.60 bits per heavy atom. The van der Waals surface area contributed by atoms with Gasteiger partial charge < -0.3 is 4.90 Å². The second kappa shape index (κ2) is 6.86. The van der Waals surface area contributed by atoms with E-state index in [1.54, 1.807) is 0 Å². The highest BCUT2D eigenvalue weighted by molar-refractivity contribution is 5.85. The summed E-state index contributed by atoms with van der Waals surface area (Å²) in [6.07, 6.45) is 5.44. The molecule has 0 aliphatic carbocycles. The van der Waals surface area contributed by atoms with E-state index in [1.165, 1.54) is 50.9 Å². The lowest BCUT2D eigenvalue weighted by Crippen LogP contribution is -2.31. The van der Waals surface area contributed by atoms with E-state index >= 15 is 0 Å². The third kappa shape index (κ3) is 4.23. The number of halogens is 1. The third-order valence-electron chi connectivity index (χ3n) is 3.01. The molecule has 2 rings (SSSR count). The summed E-state index contributed by atoms with van der Waals surface area (Å²) in [6, 6.07) is 10.8. The number of piperidine rings is 1. The minimum Gasteiger partial charge on any atom is -0.303 e. The van der Waals surface area contributed by atoms with E-state index in [0.717, 1.165) is 0 Å². The normalized spacial score (nSPS) is 17.1. The van der Waals surface area contributed by atoms with E-state index < -0.39 is 0 Å². The molecule has 0 amide bonds. The van der Waals surface area contributed by atoms with E-state index in [0.29, 0.717) is 0 Å². The first-order valence-electron chi connectivity index (χ1n) is 5.71. The minimum atomic E-state index is 0. The van der Waals surface area contributed by atoms with Gasteiger partial charge in [0.15, 0.2) is 0 Å². The van der Waals surface area contributed by atoms with Crippen LogP contribution in [0.2, 0.25) is 0 Å². The molecule has 1 heterocycles. The van der Waals surface area contributed by atoms with Crippen LogP contribution in [-0.2, 0) is 6.42 Å². The Morgan fingerprint density at radius 1 is 0.933 bits per heavy atom. The van der Waals surface area contributed by atoms with E-state index in [-0.39, 0.29) is 12.4 Å². The van der Waals surface area contributed by atoms with Gasteiger partial charge in [0, 0.05) is 6.54 Å². The van der Waals surface area contributed by atoms with Crippen molar-refractivity contribution in [2.75, 3.05) is 19.6 Å². The monoisotopic (exact) mass is 225 g/mol. The Kier molecular flexibility index (Phi) is 5.74. The Labute approximate surface area is 98.9 Å². The summed E-state index contributed by atoms with van der Waals surface area (Å²) in [5.41, 5.74) is 1.47. The third-order valence-corrected chi connectivity index (χ3v) is 3.01. The molecule has 1 saturated heterocycles. The topological polar surface area (TPSA) is 3.24 Å². The van der Waals surface area contributed by atoms with Gasteiger partial charge in [-0.15, -0.1) is 12.4 Å². The standard InChI is InChI=1S/C13H19N.ClH/c1-3-7-13(8-4-1)9-12-14-10-5-2-6-11-14;/h1,3-4,7-8H,2,5-6,9-12H2;1H. The van der Waals surface area contributed by atoms with Gasteiger partial charge in [-0.3, -0.25) is 0 Å². The zero-order chi connectivity index (χ0) is 9.64. The van der Waals surface area contributed by atoms with Crippen LogP contribution in [-0.4, -0.2) is 24.5 Å². The van der Waals surface area contributed by atoms with Crippen LogP contribution >= 0.6 is 12.4 Å². The van der Waals surface area contributed by atoms with Crippen molar-refractivity contribution in [3.63, 3.8) is 0 Å². The summed E-state index contributed by atoms with van der Waals surface area (Å²) in [4.78, 5) is 2.59. The quantitative estimate of drug-likeness (QED) is 0.764. The van der Waals surface area contributed by atoms with Crippen LogP contribution < -0.4 is 0 Å². The summed E-state index contributed by atoms with van der Waals surface area (Å²) >= 11 is 0. The van der Waals surface area contributed by atoms with Crippen LogP contribution in [0.3, 0.4) is 0 Å². The maximum atomic E-state index is 2.59. The molecule has 1 aliphatic heterocycles. The number of hydrogen-bond acceptors (Lipinski definition) is 1. The summed E-state index contributed by atoms with van der Waals surface area (Å²) in [7, 11) is 0. The van der Waals surface area contributed by atoms with Crippen molar-refractivity contribution >= 4 is 12.4 Å². The molecule has 15 heavy (non-hydrogen) atoms. The number of likely N-dealkylation sites (tertiary alicyclic amines) is 1. The molecule has 0 N–H and O–H groups in total. The predicted octanol–water partition coefficient (Wildman–Crippen LogP) is 3.14. The Balaban J connectivity index is 0.00000112. The molecule has 0 unspecified atom stereocenters. The second-order valence-corrected chi connectivity index (χ2v) is 4.14. The molecule has 1 nitrogen and oxygen atoms in total. The van der Waals surface area contributed by atoms with Crippen molar-refractivity contribution in [3.05, 3.63) is 35.9 Å². The van der Waals surface area contributed by atoms with E-state index in [4.69, 9.17) is 0 Å². The number of hydrogen-bond donors (Lipinski definition) is 0. The van der Waals surface area contributed by atoms with Gasteiger partial charge >= 0.3 is 0 Å². The molecule has 1 aliphatic rings. The molecule has 2 heteroatoms. The van der Waals surface area contributed by atoms with Gasteiger partial charge in [-0.25, -0.2) is 0 Å². The SMILES string of the molecule is Cl.c1ccc(CCN2CCCCC2)cc1. The lowest BCUT2D eigenvalue weighted by Gasteiger charge is -2.26. The first-order valence-corrected chi connectivity index (χ1v) is 5.71.